The molecule has 0 aliphatic heterocycles. The molecule has 1 aromatic heterocycles. The molecule has 0 bridgehead atoms. The summed E-state index contributed by atoms with van der Waals surface area (Å²) in [6.45, 7) is 0.235. The van der Waals surface area contributed by atoms with Crippen molar-refractivity contribution < 1.29 is 9.63 Å². The molecule has 1 fully saturated rings. The predicted molar refractivity (Wildman–Crippen MR) is 72.5 cm³/mol. The van der Waals surface area contributed by atoms with Gasteiger partial charge in [0.1, 0.15) is 0 Å². The van der Waals surface area contributed by atoms with Crippen molar-refractivity contribution in [3.8, 4) is 0 Å². The van der Waals surface area contributed by atoms with E-state index < -0.39 is 0 Å². The fraction of sp³-hybridized carbons (Fsp3) is 0.846. The summed E-state index contributed by atoms with van der Waals surface area (Å²) >= 11 is 1.97. The van der Waals surface area contributed by atoms with Crippen LogP contribution >= 0.6 is 11.8 Å². The van der Waals surface area contributed by atoms with Crippen molar-refractivity contribution in [2.24, 2.45) is 0 Å². The highest BCUT2D eigenvalue weighted by molar-refractivity contribution is 7.99. The van der Waals surface area contributed by atoms with Crippen molar-refractivity contribution in [2.75, 3.05) is 6.61 Å². The molecular formula is C13H22N2O2S. The molecule has 0 atom stereocenters. The van der Waals surface area contributed by atoms with Crippen LogP contribution in [0.4, 0.5) is 0 Å². The Morgan fingerprint density at radius 3 is 2.83 bits per heavy atom. The fourth-order valence-corrected chi connectivity index (χ4v) is 3.43. The highest BCUT2D eigenvalue weighted by Gasteiger charge is 2.15. The van der Waals surface area contributed by atoms with E-state index in [0.717, 1.165) is 36.1 Å². The lowest BCUT2D eigenvalue weighted by Gasteiger charge is -2.19. The molecule has 1 saturated carbocycles. The molecule has 5 heteroatoms. The van der Waals surface area contributed by atoms with Gasteiger partial charge in [-0.05, 0) is 25.7 Å². The lowest BCUT2D eigenvalue weighted by molar-refractivity contribution is 0.280. The lowest BCUT2D eigenvalue weighted by atomic mass is 10.0. The normalized spacial score (nSPS) is 17.2. The lowest BCUT2D eigenvalue weighted by Crippen LogP contribution is -2.08. The third kappa shape index (κ3) is 4.61. The van der Waals surface area contributed by atoms with Crippen LogP contribution in [0.3, 0.4) is 0 Å². The molecule has 2 rings (SSSR count). The zero-order valence-corrected chi connectivity index (χ0v) is 11.6. The van der Waals surface area contributed by atoms with Gasteiger partial charge in [0.25, 0.3) is 0 Å². The Kier molecular flexibility index (Phi) is 6.00. The maximum absolute atomic E-state index is 8.71. The summed E-state index contributed by atoms with van der Waals surface area (Å²) in [4.78, 5) is 4.39. The number of hydrogen-bond donors (Lipinski definition) is 1. The van der Waals surface area contributed by atoms with Crippen LogP contribution in [0.2, 0.25) is 0 Å². The predicted octanol–water partition coefficient (Wildman–Crippen LogP) is 2.95. The number of unbranched alkanes of at least 4 members (excludes halogenated alkanes) is 1. The van der Waals surface area contributed by atoms with Gasteiger partial charge in [0.15, 0.2) is 5.82 Å². The van der Waals surface area contributed by atoms with Gasteiger partial charge in [-0.3, -0.25) is 0 Å². The number of aromatic nitrogens is 2. The first kappa shape index (κ1) is 13.9. The number of rotatable bonds is 7. The number of nitrogens with zero attached hydrogens (tertiary/aromatic N) is 2. The first-order valence-electron chi connectivity index (χ1n) is 6.92. The number of hydrogen-bond acceptors (Lipinski definition) is 5. The third-order valence-electron chi connectivity index (χ3n) is 3.31. The van der Waals surface area contributed by atoms with E-state index in [1.54, 1.807) is 0 Å². The molecule has 18 heavy (non-hydrogen) atoms. The van der Waals surface area contributed by atoms with Crippen molar-refractivity contribution in [3.05, 3.63) is 11.7 Å². The minimum Gasteiger partial charge on any atom is -0.396 e. The van der Waals surface area contributed by atoms with E-state index in [1.807, 2.05) is 11.8 Å². The zero-order valence-electron chi connectivity index (χ0n) is 10.8. The molecule has 1 N–H and O–H groups in total. The minimum absolute atomic E-state index is 0.235. The third-order valence-corrected chi connectivity index (χ3v) is 4.68. The number of aliphatic hydroxyl groups excluding tert-OH is 1. The average Bonchev–Trinajstić information content (AvgIpc) is 2.86. The average molecular weight is 270 g/mol. The van der Waals surface area contributed by atoms with Gasteiger partial charge < -0.3 is 9.63 Å². The van der Waals surface area contributed by atoms with Crippen LogP contribution in [0.25, 0.3) is 0 Å². The molecule has 1 aromatic rings. The second-order valence-electron chi connectivity index (χ2n) is 4.86. The van der Waals surface area contributed by atoms with Gasteiger partial charge in [0, 0.05) is 18.3 Å². The van der Waals surface area contributed by atoms with Gasteiger partial charge in [-0.1, -0.05) is 24.4 Å². The first-order chi connectivity index (χ1) is 8.88. The van der Waals surface area contributed by atoms with Crippen LogP contribution in [0.1, 0.15) is 56.7 Å². The van der Waals surface area contributed by atoms with Gasteiger partial charge >= 0.3 is 0 Å². The van der Waals surface area contributed by atoms with Crippen LogP contribution in [0.5, 0.6) is 0 Å². The summed E-state index contributed by atoms with van der Waals surface area (Å²) in [6, 6.07) is 0. The minimum atomic E-state index is 0.235. The van der Waals surface area contributed by atoms with Gasteiger partial charge in [-0.2, -0.15) is 16.7 Å². The quantitative estimate of drug-likeness (QED) is 0.772. The van der Waals surface area contributed by atoms with Gasteiger partial charge in [0.05, 0.1) is 5.75 Å². The maximum atomic E-state index is 8.71. The second kappa shape index (κ2) is 7.79. The van der Waals surface area contributed by atoms with E-state index in [2.05, 4.69) is 10.1 Å². The molecule has 0 spiro atoms. The van der Waals surface area contributed by atoms with E-state index in [0.29, 0.717) is 5.89 Å². The highest BCUT2D eigenvalue weighted by atomic mass is 32.2. The molecule has 1 heterocycles. The SMILES string of the molecule is OCCCCc1nc(CSC2CCCCC2)no1. The molecule has 102 valence electrons. The van der Waals surface area contributed by atoms with E-state index in [9.17, 15) is 0 Å². The van der Waals surface area contributed by atoms with E-state index in [4.69, 9.17) is 9.63 Å². The fourth-order valence-electron chi connectivity index (χ4n) is 2.26. The zero-order chi connectivity index (χ0) is 12.6. The smallest absolute Gasteiger partial charge is 0.226 e. The van der Waals surface area contributed by atoms with Crippen LogP contribution in [0.15, 0.2) is 4.52 Å². The number of aliphatic hydroxyl groups is 1. The van der Waals surface area contributed by atoms with Crippen molar-refractivity contribution in [3.63, 3.8) is 0 Å². The molecule has 0 saturated heterocycles. The van der Waals surface area contributed by atoms with Crippen LogP contribution in [-0.4, -0.2) is 27.1 Å². The van der Waals surface area contributed by atoms with Crippen molar-refractivity contribution >= 4 is 11.8 Å². The molecule has 1 aliphatic rings. The first-order valence-corrected chi connectivity index (χ1v) is 7.97. The van der Waals surface area contributed by atoms with E-state index in [-0.39, 0.29) is 6.61 Å². The monoisotopic (exact) mass is 270 g/mol. The highest BCUT2D eigenvalue weighted by Crippen LogP contribution is 2.29. The Morgan fingerprint density at radius 1 is 1.22 bits per heavy atom. The summed E-state index contributed by atoms with van der Waals surface area (Å²) in [5.74, 6) is 2.40. The van der Waals surface area contributed by atoms with Gasteiger partial charge in [-0.25, -0.2) is 0 Å². The molecule has 0 aromatic carbocycles. The Hall–Kier alpha value is -0.550. The summed E-state index contributed by atoms with van der Waals surface area (Å²) in [5, 5.41) is 13.5. The van der Waals surface area contributed by atoms with Crippen LogP contribution in [0, 0.1) is 0 Å². The van der Waals surface area contributed by atoms with Crippen LogP contribution < -0.4 is 0 Å². The van der Waals surface area contributed by atoms with Gasteiger partial charge in [-0.15, -0.1) is 0 Å². The molecule has 0 amide bonds. The molecular weight excluding hydrogens is 248 g/mol. The summed E-state index contributed by atoms with van der Waals surface area (Å²) < 4.78 is 5.20. The van der Waals surface area contributed by atoms with Crippen molar-refractivity contribution in [1.82, 2.24) is 10.1 Å². The topological polar surface area (TPSA) is 59.2 Å². The standard InChI is InChI=1S/C13H22N2O2S/c16-9-5-4-8-13-14-12(15-17-13)10-18-11-6-2-1-3-7-11/h11,16H,1-10H2. The van der Waals surface area contributed by atoms with E-state index >= 15 is 0 Å². The number of aryl methyl sites for hydroxylation is 1. The summed E-state index contributed by atoms with van der Waals surface area (Å²) in [6.07, 6.45) is 9.31. The van der Waals surface area contributed by atoms with Crippen molar-refractivity contribution in [1.29, 1.82) is 0 Å². The Morgan fingerprint density at radius 2 is 2.06 bits per heavy atom. The summed E-state index contributed by atoms with van der Waals surface area (Å²) in [5.41, 5.74) is 0. The summed E-state index contributed by atoms with van der Waals surface area (Å²) in [7, 11) is 0. The van der Waals surface area contributed by atoms with Crippen molar-refractivity contribution in [2.45, 2.75) is 62.4 Å². The maximum Gasteiger partial charge on any atom is 0.226 e. The molecule has 0 radical (unpaired) electrons. The number of thioether (sulfide) groups is 1. The Bertz CT molecular complexity index is 337. The second-order valence-corrected chi connectivity index (χ2v) is 6.14. The molecule has 1 aliphatic carbocycles. The van der Waals surface area contributed by atoms with E-state index in [1.165, 1.54) is 32.1 Å². The largest absolute Gasteiger partial charge is 0.396 e. The molecule has 0 unspecified atom stereocenters. The van der Waals surface area contributed by atoms with Gasteiger partial charge in [0.2, 0.25) is 5.89 Å². The Balaban J connectivity index is 1.69. The molecule has 4 nitrogen and oxygen atoms in total. The Labute approximate surface area is 113 Å². The van der Waals surface area contributed by atoms with Crippen LogP contribution in [-0.2, 0) is 12.2 Å².